The number of hydrogen-bond acceptors (Lipinski definition) is 3. The van der Waals surface area contributed by atoms with Crippen LogP contribution in [0.3, 0.4) is 0 Å². The van der Waals surface area contributed by atoms with Gasteiger partial charge in [0.1, 0.15) is 24.7 Å². The van der Waals surface area contributed by atoms with E-state index in [1.165, 1.54) is 11.1 Å². The molecule has 0 aromatic heterocycles. The zero-order chi connectivity index (χ0) is 24.5. The molecule has 0 heterocycles. The number of ether oxygens (including phenoxy) is 2. The average molecular weight is 484 g/mol. The van der Waals surface area contributed by atoms with Gasteiger partial charge in [0.05, 0.1) is 5.02 Å². The maximum Gasteiger partial charge on any atom is 0.121 e. The Bertz CT molecular complexity index is 1250. The minimum Gasteiger partial charge on any atom is -0.492 e. The molecule has 4 rings (SSSR count). The highest BCUT2D eigenvalue weighted by atomic mass is 35.5. The molecule has 0 aliphatic carbocycles. The average Bonchev–Trinajstić information content (AvgIpc) is 2.91. The number of nitrogens with two attached hydrogens (primary N) is 1. The van der Waals surface area contributed by atoms with Crippen LogP contribution in [0.2, 0.25) is 5.02 Å². The van der Waals surface area contributed by atoms with Crippen molar-refractivity contribution in [1.82, 2.24) is 0 Å². The lowest BCUT2D eigenvalue weighted by molar-refractivity contribution is 0.306. The first kappa shape index (κ1) is 24.6. The van der Waals surface area contributed by atoms with Crippen molar-refractivity contribution in [2.45, 2.75) is 20.0 Å². The number of rotatable bonds is 10. The summed E-state index contributed by atoms with van der Waals surface area (Å²) in [5, 5.41) is 0.649. The molecule has 0 bridgehead atoms. The van der Waals surface area contributed by atoms with Crippen LogP contribution in [-0.4, -0.2) is 13.2 Å². The molecule has 0 unspecified atom stereocenters. The van der Waals surface area contributed by atoms with Crippen molar-refractivity contribution < 1.29 is 9.47 Å². The van der Waals surface area contributed by atoms with Crippen molar-refractivity contribution in [3.8, 4) is 11.5 Å². The molecule has 4 aromatic carbocycles. The molecule has 3 nitrogen and oxygen atoms in total. The Labute approximate surface area is 212 Å². The summed E-state index contributed by atoms with van der Waals surface area (Å²) in [6.45, 7) is 3.64. The van der Waals surface area contributed by atoms with E-state index < -0.39 is 0 Å². The van der Waals surface area contributed by atoms with Gasteiger partial charge < -0.3 is 15.2 Å². The van der Waals surface area contributed by atoms with E-state index in [4.69, 9.17) is 26.8 Å². The van der Waals surface area contributed by atoms with Crippen LogP contribution in [0.4, 0.5) is 0 Å². The molecule has 0 amide bonds. The monoisotopic (exact) mass is 483 g/mol. The molecule has 178 valence electrons. The minimum atomic E-state index is 0.481. The minimum absolute atomic E-state index is 0.481. The highest BCUT2D eigenvalue weighted by molar-refractivity contribution is 6.33. The van der Waals surface area contributed by atoms with Gasteiger partial charge in [-0.15, -0.1) is 0 Å². The van der Waals surface area contributed by atoms with Crippen molar-refractivity contribution in [3.05, 3.63) is 130 Å². The van der Waals surface area contributed by atoms with E-state index in [0.29, 0.717) is 24.8 Å². The van der Waals surface area contributed by atoms with E-state index in [0.717, 1.165) is 40.2 Å². The van der Waals surface area contributed by atoms with E-state index in [-0.39, 0.29) is 0 Å². The molecule has 4 aromatic rings. The predicted octanol–water partition coefficient (Wildman–Crippen LogP) is 7.63. The molecule has 35 heavy (non-hydrogen) atoms. The second kappa shape index (κ2) is 12.3. The number of allylic oxidation sites excluding steroid dienone is 1. The molecule has 0 radical (unpaired) electrons. The summed E-state index contributed by atoms with van der Waals surface area (Å²) in [5.41, 5.74) is 12.2. The summed E-state index contributed by atoms with van der Waals surface area (Å²) in [4.78, 5) is 0. The van der Waals surface area contributed by atoms with E-state index in [1.807, 2.05) is 60.7 Å². The third kappa shape index (κ3) is 6.33. The van der Waals surface area contributed by atoms with Gasteiger partial charge in [-0.05, 0) is 64.6 Å². The lowest BCUT2D eigenvalue weighted by atomic mass is 9.88. The maximum atomic E-state index is 6.89. The third-order valence-electron chi connectivity index (χ3n) is 5.77. The summed E-state index contributed by atoms with van der Waals surface area (Å²) < 4.78 is 11.7. The van der Waals surface area contributed by atoms with Gasteiger partial charge in [-0.3, -0.25) is 0 Å². The zero-order valence-corrected chi connectivity index (χ0v) is 20.7. The van der Waals surface area contributed by atoms with Crippen LogP contribution in [0, 0.1) is 0 Å². The molecule has 0 saturated carbocycles. The fourth-order valence-corrected chi connectivity index (χ4v) is 4.35. The van der Waals surface area contributed by atoms with Gasteiger partial charge in [0.25, 0.3) is 0 Å². The lowest BCUT2D eigenvalue weighted by Crippen LogP contribution is -2.10. The number of benzene rings is 4. The molecule has 0 aliphatic rings. The van der Waals surface area contributed by atoms with Crippen molar-refractivity contribution in [3.63, 3.8) is 0 Å². The summed E-state index contributed by atoms with van der Waals surface area (Å²) in [6, 6.07) is 34.6. The molecule has 0 saturated heterocycles. The van der Waals surface area contributed by atoms with Crippen LogP contribution in [-0.2, 0) is 6.61 Å². The smallest absolute Gasteiger partial charge is 0.121 e. The quantitative estimate of drug-likeness (QED) is 0.236. The van der Waals surface area contributed by atoms with Crippen molar-refractivity contribution >= 4 is 22.7 Å². The highest BCUT2D eigenvalue weighted by Crippen LogP contribution is 2.39. The first-order valence-electron chi connectivity index (χ1n) is 11.9. The molecule has 4 heteroatoms. The van der Waals surface area contributed by atoms with Gasteiger partial charge in [-0.2, -0.15) is 0 Å². The normalized spacial score (nSPS) is 11.6. The van der Waals surface area contributed by atoms with E-state index in [1.54, 1.807) is 0 Å². The fourth-order valence-electron chi connectivity index (χ4n) is 4.08. The van der Waals surface area contributed by atoms with E-state index in [9.17, 15) is 0 Å². The van der Waals surface area contributed by atoms with Crippen LogP contribution in [0.1, 0.15) is 35.6 Å². The van der Waals surface area contributed by atoms with Gasteiger partial charge in [0, 0.05) is 12.1 Å². The van der Waals surface area contributed by atoms with Crippen molar-refractivity contribution in [2.24, 2.45) is 5.73 Å². The van der Waals surface area contributed by atoms with Gasteiger partial charge >= 0.3 is 0 Å². The largest absolute Gasteiger partial charge is 0.492 e. The van der Waals surface area contributed by atoms with Crippen LogP contribution in [0.15, 0.2) is 103 Å². The first-order chi connectivity index (χ1) is 17.2. The summed E-state index contributed by atoms with van der Waals surface area (Å²) >= 11 is 6.89. The van der Waals surface area contributed by atoms with Crippen LogP contribution in [0.25, 0.3) is 11.1 Å². The summed E-state index contributed by atoms with van der Waals surface area (Å²) in [6.07, 6.45) is 0.855. The highest BCUT2D eigenvalue weighted by Gasteiger charge is 2.16. The molecule has 0 aliphatic heterocycles. The second-order valence-corrected chi connectivity index (χ2v) is 8.56. The lowest BCUT2D eigenvalue weighted by Gasteiger charge is -2.18. The number of halogens is 1. The van der Waals surface area contributed by atoms with Crippen LogP contribution in [0.5, 0.6) is 11.5 Å². The Hall–Kier alpha value is -3.53. The van der Waals surface area contributed by atoms with Crippen LogP contribution >= 0.6 is 11.6 Å². The van der Waals surface area contributed by atoms with Gasteiger partial charge in [-0.25, -0.2) is 0 Å². The number of hydrogen-bond donors (Lipinski definition) is 1. The Morgan fingerprint density at radius 3 is 2.03 bits per heavy atom. The molecule has 0 spiro atoms. The Morgan fingerprint density at radius 2 is 1.40 bits per heavy atom. The molecular formula is C31H30ClNO2. The SMILES string of the molecule is CCC(=C(c1ccc(OCCN)cc1)c1ccc(OCc2ccccc2)cc1Cl)c1ccccc1. The molecular weight excluding hydrogens is 454 g/mol. The van der Waals surface area contributed by atoms with E-state index in [2.05, 4.69) is 49.4 Å². The van der Waals surface area contributed by atoms with Gasteiger partial charge in [0.2, 0.25) is 0 Å². The van der Waals surface area contributed by atoms with Crippen molar-refractivity contribution in [1.29, 1.82) is 0 Å². The van der Waals surface area contributed by atoms with E-state index >= 15 is 0 Å². The third-order valence-corrected chi connectivity index (χ3v) is 6.08. The second-order valence-electron chi connectivity index (χ2n) is 8.15. The Morgan fingerprint density at radius 1 is 0.743 bits per heavy atom. The standard InChI is InChI=1S/C31H30ClNO2/c1-2-28(24-11-7-4-8-12-24)31(25-13-15-26(16-14-25)34-20-19-33)29-18-17-27(21-30(29)32)35-22-23-9-5-3-6-10-23/h3-18,21H,2,19-20,22,33H2,1H3. The Kier molecular flexibility index (Phi) is 8.61. The van der Waals surface area contributed by atoms with Gasteiger partial charge in [-0.1, -0.05) is 91.3 Å². The molecule has 0 fully saturated rings. The maximum absolute atomic E-state index is 6.89. The summed E-state index contributed by atoms with van der Waals surface area (Å²) in [5.74, 6) is 1.54. The summed E-state index contributed by atoms with van der Waals surface area (Å²) in [7, 11) is 0. The van der Waals surface area contributed by atoms with Crippen LogP contribution < -0.4 is 15.2 Å². The topological polar surface area (TPSA) is 44.5 Å². The van der Waals surface area contributed by atoms with Crippen molar-refractivity contribution in [2.75, 3.05) is 13.2 Å². The Balaban J connectivity index is 1.73. The molecule has 2 N–H and O–H groups in total. The first-order valence-corrected chi connectivity index (χ1v) is 12.3. The van der Waals surface area contributed by atoms with Gasteiger partial charge in [0.15, 0.2) is 0 Å². The zero-order valence-electron chi connectivity index (χ0n) is 19.9. The fraction of sp³-hybridized carbons (Fsp3) is 0.161. The molecule has 0 atom stereocenters. The predicted molar refractivity (Wildman–Crippen MR) is 146 cm³/mol.